The van der Waals surface area contributed by atoms with Gasteiger partial charge >= 0.3 is 0 Å². The lowest BCUT2D eigenvalue weighted by atomic mass is 10.0. The molecule has 198 valence electrons. The highest BCUT2D eigenvalue weighted by atomic mass is 35.5. The molecule has 1 unspecified atom stereocenters. The molecule has 1 fully saturated rings. The summed E-state index contributed by atoms with van der Waals surface area (Å²) in [4.78, 5) is 16.1. The van der Waals surface area contributed by atoms with E-state index in [0.717, 1.165) is 21.0 Å². The van der Waals surface area contributed by atoms with E-state index in [0.29, 0.717) is 35.1 Å². The molecule has 1 amide bonds. The number of alkyl halides is 2. The number of aromatic nitrogens is 1. The fraction of sp³-hybridized carbons (Fsp3) is 0.231. The van der Waals surface area contributed by atoms with Crippen LogP contribution in [0.1, 0.15) is 11.1 Å². The molecule has 0 bridgehead atoms. The van der Waals surface area contributed by atoms with Crippen LogP contribution >= 0.6 is 11.6 Å². The molecular formula is C26H23ClF2N4O4S. The van der Waals surface area contributed by atoms with Gasteiger partial charge in [0.25, 0.3) is 5.92 Å². The molecule has 2 aromatic carbocycles. The van der Waals surface area contributed by atoms with Gasteiger partial charge in [-0.3, -0.25) is 4.79 Å². The van der Waals surface area contributed by atoms with Gasteiger partial charge in [0.2, 0.25) is 15.9 Å². The van der Waals surface area contributed by atoms with E-state index in [1.165, 1.54) is 18.2 Å². The van der Waals surface area contributed by atoms with Gasteiger partial charge in [-0.25, -0.2) is 22.2 Å². The Morgan fingerprint density at radius 2 is 1.92 bits per heavy atom. The van der Waals surface area contributed by atoms with Crippen LogP contribution in [-0.2, 0) is 27.8 Å². The SMILES string of the molecule is Nc1ccc(CNC(=O)C=CC2Cc3cc(-c4ccc(S(=O)(=O)N5CC(F)(F)C5)cc4)cc(Cl)c3O2)cn1. The Balaban J connectivity index is 1.22. The number of halogens is 3. The second-order valence-corrected chi connectivity index (χ2v) is 11.5. The molecule has 0 spiro atoms. The first-order chi connectivity index (χ1) is 18.0. The minimum atomic E-state index is -3.97. The molecule has 5 rings (SSSR count). The number of amides is 1. The Morgan fingerprint density at radius 3 is 2.58 bits per heavy atom. The van der Waals surface area contributed by atoms with Crippen molar-refractivity contribution in [2.24, 2.45) is 0 Å². The quantitative estimate of drug-likeness (QED) is 0.425. The lowest BCUT2D eigenvalue weighted by molar-refractivity contribution is -0.116. The molecule has 3 N–H and O–H groups in total. The van der Waals surface area contributed by atoms with Crippen LogP contribution in [-0.4, -0.2) is 48.7 Å². The zero-order valence-electron chi connectivity index (χ0n) is 19.9. The number of carbonyl (C=O) groups is 1. The van der Waals surface area contributed by atoms with E-state index in [-0.39, 0.29) is 16.9 Å². The number of nitrogens with one attached hydrogen (secondary N) is 1. The van der Waals surface area contributed by atoms with E-state index in [1.54, 1.807) is 42.6 Å². The van der Waals surface area contributed by atoms with Crippen LogP contribution in [0.2, 0.25) is 5.02 Å². The van der Waals surface area contributed by atoms with Crippen molar-refractivity contribution in [3.8, 4) is 16.9 Å². The average molecular weight is 561 g/mol. The number of pyridine rings is 1. The molecule has 0 saturated carbocycles. The molecule has 3 aromatic rings. The standard InChI is InChI=1S/C26H23ClF2N4O4S/c27-22-11-18(17-2-5-21(6-3-17)38(35,36)33-14-26(28,29)15-33)9-19-10-20(37-25(19)22)4-8-24(34)32-13-16-1-7-23(30)31-12-16/h1-9,11-12,20H,10,13-15H2,(H2,30,31)(H,32,34). The van der Waals surface area contributed by atoms with Crippen molar-refractivity contribution in [1.29, 1.82) is 0 Å². The van der Waals surface area contributed by atoms with Crippen molar-refractivity contribution in [3.05, 3.63) is 83.0 Å². The van der Waals surface area contributed by atoms with Gasteiger partial charge in [-0.2, -0.15) is 4.31 Å². The summed E-state index contributed by atoms with van der Waals surface area (Å²) >= 11 is 6.46. The van der Waals surface area contributed by atoms with Crippen LogP contribution in [0.5, 0.6) is 5.75 Å². The molecule has 1 saturated heterocycles. The number of benzene rings is 2. The highest BCUT2D eigenvalue weighted by molar-refractivity contribution is 7.89. The fourth-order valence-electron chi connectivity index (χ4n) is 4.21. The Labute approximate surface area is 223 Å². The number of nitrogen functional groups attached to an aromatic ring is 1. The molecule has 0 aliphatic carbocycles. The van der Waals surface area contributed by atoms with E-state index in [1.807, 2.05) is 6.07 Å². The zero-order valence-corrected chi connectivity index (χ0v) is 21.5. The van der Waals surface area contributed by atoms with Crippen molar-refractivity contribution >= 4 is 33.3 Å². The number of hydrogen-bond acceptors (Lipinski definition) is 6. The van der Waals surface area contributed by atoms with Gasteiger partial charge < -0.3 is 15.8 Å². The number of hydrogen-bond donors (Lipinski definition) is 2. The number of anilines is 1. The number of nitrogens with two attached hydrogens (primary N) is 1. The van der Waals surface area contributed by atoms with Gasteiger partial charge in [0.1, 0.15) is 17.7 Å². The maximum atomic E-state index is 13.1. The Morgan fingerprint density at radius 1 is 1.18 bits per heavy atom. The molecule has 1 atom stereocenters. The molecule has 0 radical (unpaired) electrons. The number of ether oxygens (including phenoxy) is 1. The third-order valence-corrected chi connectivity index (χ3v) is 8.31. The topological polar surface area (TPSA) is 115 Å². The Kier molecular flexibility index (Phi) is 6.84. The van der Waals surface area contributed by atoms with E-state index in [9.17, 15) is 22.0 Å². The van der Waals surface area contributed by atoms with Crippen molar-refractivity contribution in [2.75, 3.05) is 18.8 Å². The van der Waals surface area contributed by atoms with Crippen LogP contribution in [0.4, 0.5) is 14.6 Å². The summed E-state index contributed by atoms with van der Waals surface area (Å²) < 4.78 is 58.0. The first kappa shape index (κ1) is 26.1. The van der Waals surface area contributed by atoms with Gasteiger partial charge in [0.15, 0.2) is 0 Å². The van der Waals surface area contributed by atoms with Gasteiger partial charge in [-0.15, -0.1) is 0 Å². The van der Waals surface area contributed by atoms with Crippen LogP contribution in [0, 0.1) is 0 Å². The number of fused-ring (bicyclic) bond motifs is 1. The predicted molar refractivity (Wildman–Crippen MR) is 138 cm³/mol. The Bertz CT molecular complexity index is 1510. The van der Waals surface area contributed by atoms with E-state index in [2.05, 4.69) is 10.3 Å². The fourth-order valence-corrected chi connectivity index (χ4v) is 5.99. The molecule has 1 aromatic heterocycles. The minimum absolute atomic E-state index is 0.0523. The van der Waals surface area contributed by atoms with Crippen LogP contribution in [0.25, 0.3) is 11.1 Å². The molecule has 12 heteroatoms. The van der Waals surface area contributed by atoms with Gasteiger partial charge in [0, 0.05) is 30.8 Å². The maximum absolute atomic E-state index is 13.1. The molecule has 8 nitrogen and oxygen atoms in total. The molecule has 3 heterocycles. The second-order valence-electron chi connectivity index (χ2n) is 9.13. The summed E-state index contributed by atoms with van der Waals surface area (Å²) in [6.07, 6.45) is 4.76. The maximum Gasteiger partial charge on any atom is 0.275 e. The number of rotatable bonds is 7. The van der Waals surface area contributed by atoms with Crippen LogP contribution in [0.3, 0.4) is 0 Å². The summed E-state index contributed by atoms with van der Waals surface area (Å²) in [6.45, 7) is -1.31. The molecule has 38 heavy (non-hydrogen) atoms. The largest absolute Gasteiger partial charge is 0.484 e. The first-order valence-electron chi connectivity index (χ1n) is 11.6. The highest BCUT2D eigenvalue weighted by Crippen LogP contribution is 2.40. The summed E-state index contributed by atoms with van der Waals surface area (Å²) in [5.41, 5.74) is 8.67. The summed E-state index contributed by atoms with van der Waals surface area (Å²) in [5.74, 6) is -2.34. The normalized spacial score (nSPS) is 18.6. The second kappa shape index (κ2) is 9.97. The minimum Gasteiger partial charge on any atom is -0.484 e. The number of nitrogens with zero attached hydrogens (tertiary/aromatic N) is 2. The van der Waals surface area contributed by atoms with Crippen molar-refractivity contribution in [2.45, 2.75) is 29.9 Å². The summed E-state index contributed by atoms with van der Waals surface area (Å²) in [5, 5.41) is 3.15. The summed E-state index contributed by atoms with van der Waals surface area (Å²) in [6, 6.07) is 13.0. The van der Waals surface area contributed by atoms with Crippen molar-refractivity contribution in [1.82, 2.24) is 14.6 Å². The summed E-state index contributed by atoms with van der Waals surface area (Å²) in [7, 11) is -3.97. The zero-order chi connectivity index (χ0) is 27.1. The monoisotopic (exact) mass is 560 g/mol. The lowest BCUT2D eigenvalue weighted by Gasteiger charge is -2.37. The average Bonchev–Trinajstić information content (AvgIpc) is 3.29. The van der Waals surface area contributed by atoms with Gasteiger partial charge in [-0.1, -0.05) is 29.8 Å². The Hall–Kier alpha value is -3.54. The van der Waals surface area contributed by atoms with E-state index in [4.69, 9.17) is 22.1 Å². The van der Waals surface area contributed by atoms with Crippen LogP contribution < -0.4 is 15.8 Å². The number of sulfonamides is 1. The molecule has 2 aliphatic rings. The molecule has 2 aliphatic heterocycles. The molecular weight excluding hydrogens is 538 g/mol. The van der Waals surface area contributed by atoms with Crippen molar-refractivity contribution < 1.29 is 26.7 Å². The third-order valence-electron chi connectivity index (χ3n) is 6.23. The van der Waals surface area contributed by atoms with Gasteiger partial charge in [-0.05, 0) is 53.1 Å². The smallest absolute Gasteiger partial charge is 0.275 e. The predicted octanol–water partition coefficient (Wildman–Crippen LogP) is 3.80. The third kappa shape index (κ3) is 5.50. The lowest BCUT2D eigenvalue weighted by Crippen LogP contribution is -2.58. The van der Waals surface area contributed by atoms with E-state index < -0.39 is 29.0 Å². The number of carbonyl (C=O) groups excluding carboxylic acids is 1. The van der Waals surface area contributed by atoms with E-state index >= 15 is 0 Å². The van der Waals surface area contributed by atoms with Crippen LogP contribution in [0.15, 0.2) is 71.8 Å². The van der Waals surface area contributed by atoms with Crippen molar-refractivity contribution in [3.63, 3.8) is 0 Å². The first-order valence-corrected chi connectivity index (χ1v) is 13.5. The highest BCUT2D eigenvalue weighted by Gasteiger charge is 2.49. The van der Waals surface area contributed by atoms with Gasteiger partial charge in [0.05, 0.1) is 23.0 Å².